The summed E-state index contributed by atoms with van der Waals surface area (Å²) >= 11 is 0. The van der Waals surface area contributed by atoms with Crippen LogP contribution in [0, 0.1) is 5.92 Å². The highest BCUT2D eigenvalue weighted by Crippen LogP contribution is 2.27. The molecule has 2 amide bonds. The SMILES string of the molecule is CCOc1ccccc1NC(=O)C1CCN(C(=O)C2CCCO2)CC1. The Balaban J connectivity index is 1.52. The summed E-state index contributed by atoms with van der Waals surface area (Å²) in [5, 5.41) is 2.97. The van der Waals surface area contributed by atoms with Crippen LogP contribution < -0.4 is 10.1 Å². The molecule has 0 saturated carbocycles. The van der Waals surface area contributed by atoms with Crippen molar-refractivity contribution >= 4 is 17.5 Å². The van der Waals surface area contributed by atoms with Crippen molar-refractivity contribution in [1.82, 2.24) is 4.90 Å². The van der Waals surface area contributed by atoms with Crippen LogP contribution in [0.3, 0.4) is 0 Å². The van der Waals surface area contributed by atoms with E-state index in [2.05, 4.69) is 5.32 Å². The molecule has 1 atom stereocenters. The van der Waals surface area contributed by atoms with Gasteiger partial charge in [0, 0.05) is 25.6 Å². The van der Waals surface area contributed by atoms with Crippen LogP contribution in [0.25, 0.3) is 0 Å². The molecular formula is C19H26N2O4. The number of piperidine rings is 1. The Bertz CT molecular complexity index is 605. The van der Waals surface area contributed by atoms with Gasteiger partial charge in [-0.15, -0.1) is 0 Å². The van der Waals surface area contributed by atoms with Gasteiger partial charge in [0.1, 0.15) is 11.9 Å². The lowest BCUT2D eigenvalue weighted by molar-refractivity contribution is -0.143. The van der Waals surface area contributed by atoms with Gasteiger partial charge in [-0.3, -0.25) is 9.59 Å². The molecule has 6 nitrogen and oxygen atoms in total. The molecule has 3 rings (SSSR count). The number of ether oxygens (including phenoxy) is 2. The highest BCUT2D eigenvalue weighted by molar-refractivity contribution is 5.94. The number of benzene rings is 1. The van der Waals surface area contributed by atoms with Gasteiger partial charge in [0.05, 0.1) is 12.3 Å². The fourth-order valence-electron chi connectivity index (χ4n) is 3.42. The zero-order valence-corrected chi connectivity index (χ0v) is 14.7. The van der Waals surface area contributed by atoms with Gasteiger partial charge >= 0.3 is 0 Å². The number of nitrogens with zero attached hydrogens (tertiary/aromatic N) is 1. The summed E-state index contributed by atoms with van der Waals surface area (Å²) < 4.78 is 11.0. The van der Waals surface area contributed by atoms with Gasteiger partial charge < -0.3 is 19.7 Å². The number of carbonyl (C=O) groups excluding carboxylic acids is 2. The van der Waals surface area contributed by atoms with Crippen molar-refractivity contribution in [3.05, 3.63) is 24.3 Å². The molecule has 2 aliphatic rings. The Morgan fingerprint density at radius 1 is 1.24 bits per heavy atom. The minimum atomic E-state index is -0.275. The van der Waals surface area contributed by atoms with Crippen LogP contribution in [-0.2, 0) is 14.3 Å². The van der Waals surface area contributed by atoms with Crippen LogP contribution in [-0.4, -0.2) is 49.1 Å². The van der Waals surface area contributed by atoms with E-state index in [0.29, 0.717) is 50.6 Å². The molecule has 0 radical (unpaired) electrons. The molecule has 0 aliphatic carbocycles. The van der Waals surface area contributed by atoms with Crippen LogP contribution in [0.4, 0.5) is 5.69 Å². The van der Waals surface area contributed by atoms with Crippen molar-refractivity contribution in [2.24, 2.45) is 5.92 Å². The number of nitrogens with one attached hydrogen (secondary N) is 1. The standard InChI is InChI=1S/C19H26N2O4/c1-2-24-16-7-4-3-6-15(16)20-18(22)14-9-11-21(12-10-14)19(23)17-8-5-13-25-17/h3-4,6-7,14,17H,2,5,8-13H2,1H3,(H,20,22). The Hall–Kier alpha value is -2.08. The third-order valence-corrected chi connectivity index (χ3v) is 4.83. The Morgan fingerprint density at radius 2 is 2.00 bits per heavy atom. The van der Waals surface area contributed by atoms with Crippen molar-refractivity contribution < 1.29 is 19.1 Å². The topological polar surface area (TPSA) is 67.9 Å². The van der Waals surface area contributed by atoms with E-state index in [-0.39, 0.29) is 23.8 Å². The fraction of sp³-hybridized carbons (Fsp3) is 0.579. The molecule has 2 aliphatic heterocycles. The average molecular weight is 346 g/mol. The third-order valence-electron chi connectivity index (χ3n) is 4.83. The minimum Gasteiger partial charge on any atom is -0.492 e. The van der Waals surface area contributed by atoms with Crippen LogP contribution in [0.5, 0.6) is 5.75 Å². The number of hydrogen-bond acceptors (Lipinski definition) is 4. The van der Waals surface area contributed by atoms with Crippen LogP contribution in [0.1, 0.15) is 32.6 Å². The number of para-hydroxylation sites is 2. The van der Waals surface area contributed by atoms with Gasteiger partial charge in [-0.25, -0.2) is 0 Å². The summed E-state index contributed by atoms with van der Waals surface area (Å²) in [6.45, 7) is 4.37. The van der Waals surface area contributed by atoms with E-state index < -0.39 is 0 Å². The molecule has 0 aromatic heterocycles. The number of anilines is 1. The molecule has 1 N–H and O–H groups in total. The average Bonchev–Trinajstić information content (AvgIpc) is 3.18. The van der Waals surface area contributed by atoms with Crippen LogP contribution in [0.2, 0.25) is 0 Å². The number of amides is 2. The lowest BCUT2D eigenvalue weighted by Crippen LogP contribution is -2.45. The molecule has 0 spiro atoms. The van der Waals surface area contributed by atoms with Gasteiger partial charge in [0.2, 0.25) is 5.91 Å². The first kappa shape index (κ1) is 17.7. The van der Waals surface area contributed by atoms with Crippen molar-refractivity contribution in [3.8, 4) is 5.75 Å². The second kappa shape index (κ2) is 8.34. The summed E-state index contributed by atoms with van der Waals surface area (Å²) in [4.78, 5) is 26.8. The van der Waals surface area contributed by atoms with Crippen molar-refractivity contribution in [2.75, 3.05) is 31.6 Å². The highest BCUT2D eigenvalue weighted by atomic mass is 16.5. The molecule has 2 fully saturated rings. The zero-order valence-electron chi connectivity index (χ0n) is 14.7. The van der Waals surface area contributed by atoms with Gasteiger partial charge in [-0.2, -0.15) is 0 Å². The smallest absolute Gasteiger partial charge is 0.251 e. The first-order valence-electron chi connectivity index (χ1n) is 9.12. The van der Waals surface area contributed by atoms with Crippen LogP contribution in [0.15, 0.2) is 24.3 Å². The molecule has 1 aromatic rings. The summed E-state index contributed by atoms with van der Waals surface area (Å²) in [6.07, 6.45) is 2.85. The third kappa shape index (κ3) is 4.31. The van der Waals surface area contributed by atoms with E-state index in [1.165, 1.54) is 0 Å². The predicted molar refractivity (Wildman–Crippen MR) is 94.5 cm³/mol. The number of carbonyl (C=O) groups is 2. The first-order chi connectivity index (χ1) is 12.2. The maximum absolute atomic E-state index is 12.6. The Labute approximate surface area is 148 Å². The summed E-state index contributed by atoms with van der Waals surface area (Å²) in [5.74, 6) is 0.682. The van der Waals surface area contributed by atoms with E-state index >= 15 is 0 Å². The van der Waals surface area contributed by atoms with E-state index in [1.807, 2.05) is 36.1 Å². The lowest BCUT2D eigenvalue weighted by atomic mass is 9.95. The Kier molecular flexibility index (Phi) is 5.91. The lowest BCUT2D eigenvalue weighted by Gasteiger charge is -2.32. The number of likely N-dealkylation sites (tertiary alicyclic amines) is 1. The summed E-state index contributed by atoms with van der Waals surface area (Å²) in [5.41, 5.74) is 0.701. The van der Waals surface area contributed by atoms with Crippen LogP contribution >= 0.6 is 0 Å². The fourth-order valence-corrected chi connectivity index (χ4v) is 3.42. The molecule has 6 heteroatoms. The molecular weight excluding hydrogens is 320 g/mol. The number of hydrogen-bond donors (Lipinski definition) is 1. The van der Waals surface area contributed by atoms with Gasteiger partial charge in [0.15, 0.2) is 0 Å². The van der Waals surface area contributed by atoms with Gasteiger partial charge in [-0.1, -0.05) is 12.1 Å². The molecule has 1 unspecified atom stereocenters. The second-order valence-electron chi connectivity index (χ2n) is 6.52. The predicted octanol–water partition coefficient (Wildman–Crippen LogP) is 2.44. The zero-order chi connectivity index (χ0) is 17.6. The first-order valence-corrected chi connectivity index (χ1v) is 9.12. The van der Waals surface area contributed by atoms with E-state index in [1.54, 1.807) is 0 Å². The largest absolute Gasteiger partial charge is 0.492 e. The highest BCUT2D eigenvalue weighted by Gasteiger charge is 2.32. The molecule has 0 bridgehead atoms. The normalized spacial score (nSPS) is 21.2. The molecule has 2 saturated heterocycles. The second-order valence-corrected chi connectivity index (χ2v) is 6.52. The maximum atomic E-state index is 12.6. The molecule has 2 heterocycles. The maximum Gasteiger partial charge on any atom is 0.251 e. The van der Waals surface area contributed by atoms with E-state index in [0.717, 1.165) is 12.8 Å². The van der Waals surface area contributed by atoms with E-state index in [4.69, 9.17) is 9.47 Å². The summed E-state index contributed by atoms with van der Waals surface area (Å²) in [7, 11) is 0. The van der Waals surface area contributed by atoms with Crippen molar-refractivity contribution in [1.29, 1.82) is 0 Å². The summed E-state index contributed by atoms with van der Waals surface area (Å²) in [6, 6.07) is 7.46. The van der Waals surface area contributed by atoms with Crippen molar-refractivity contribution in [2.45, 2.75) is 38.7 Å². The minimum absolute atomic E-state index is 0.00336. The monoisotopic (exact) mass is 346 g/mol. The molecule has 1 aromatic carbocycles. The molecule has 25 heavy (non-hydrogen) atoms. The van der Waals surface area contributed by atoms with Gasteiger partial charge in [-0.05, 0) is 44.7 Å². The Morgan fingerprint density at radius 3 is 2.68 bits per heavy atom. The number of rotatable bonds is 5. The quantitative estimate of drug-likeness (QED) is 0.889. The van der Waals surface area contributed by atoms with Crippen molar-refractivity contribution in [3.63, 3.8) is 0 Å². The van der Waals surface area contributed by atoms with E-state index in [9.17, 15) is 9.59 Å². The molecule has 136 valence electrons. The van der Waals surface area contributed by atoms with Gasteiger partial charge in [0.25, 0.3) is 5.91 Å².